The van der Waals surface area contributed by atoms with E-state index in [1.54, 1.807) is 18.2 Å². The molecule has 0 heterocycles. The Bertz CT molecular complexity index is 522. The van der Waals surface area contributed by atoms with Crippen LogP contribution in [0.4, 0.5) is 8.78 Å². The van der Waals surface area contributed by atoms with Crippen LogP contribution in [0.5, 0.6) is 0 Å². The number of hydrogen-bond acceptors (Lipinski definition) is 1. The van der Waals surface area contributed by atoms with Gasteiger partial charge in [0, 0.05) is 4.47 Å². The van der Waals surface area contributed by atoms with Crippen LogP contribution in [0.15, 0.2) is 46.9 Å². The second-order valence-electron chi connectivity index (χ2n) is 3.74. The van der Waals surface area contributed by atoms with E-state index in [2.05, 4.69) is 15.9 Å². The Morgan fingerprint density at radius 3 is 2.29 bits per heavy atom. The Morgan fingerprint density at radius 2 is 1.65 bits per heavy atom. The highest BCUT2D eigenvalue weighted by molar-refractivity contribution is 9.10. The average Bonchev–Trinajstić information content (AvgIpc) is 2.26. The normalized spacial score (nSPS) is 12.5. The number of nitrogens with two attached hydrogens (primary N) is 1. The first-order chi connectivity index (χ1) is 8.06. The molecular weight excluding hydrogens is 288 g/mol. The van der Waals surface area contributed by atoms with E-state index in [9.17, 15) is 8.78 Å². The van der Waals surface area contributed by atoms with Gasteiger partial charge in [0.15, 0.2) is 0 Å². The van der Waals surface area contributed by atoms with Gasteiger partial charge >= 0.3 is 0 Å². The molecule has 0 saturated carbocycles. The summed E-state index contributed by atoms with van der Waals surface area (Å²) < 4.78 is 26.9. The minimum absolute atomic E-state index is 0.353. The molecule has 0 spiro atoms. The van der Waals surface area contributed by atoms with E-state index in [-0.39, 0.29) is 11.6 Å². The van der Waals surface area contributed by atoms with Gasteiger partial charge in [0.1, 0.15) is 11.6 Å². The van der Waals surface area contributed by atoms with Crippen molar-refractivity contribution in [2.45, 2.75) is 6.04 Å². The molecule has 0 radical (unpaired) electrons. The SMILES string of the molecule is NC(c1cccc(F)c1)c1cc(F)cc(Br)c1. The van der Waals surface area contributed by atoms with E-state index >= 15 is 0 Å². The van der Waals surface area contributed by atoms with Crippen molar-refractivity contribution >= 4 is 15.9 Å². The molecule has 2 N–H and O–H groups in total. The van der Waals surface area contributed by atoms with Crippen molar-refractivity contribution in [3.63, 3.8) is 0 Å². The van der Waals surface area contributed by atoms with Gasteiger partial charge in [-0.05, 0) is 41.5 Å². The molecule has 0 fully saturated rings. The molecule has 17 heavy (non-hydrogen) atoms. The zero-order chi connectivity index (χ0) is 12.4. The fourth-order valence-corrected chi connectivity index (χ4v) is 2.13. The average molecular weight is 298 g/mol. The lowest BCUT2D eigenvalue weighted by atomic mass is 9.99. The van der Waals surface area contributed by atoms with Gasteiger partial charge in [0.25, 0.3) is 0 Å². The maximum Gasteiger partial charge on any atom is 0.124 e. The molecule has 2 aromatic rings. The monoisotopic (exact) mass is 297 g/mol. The quantitative estimate of drug-likeness (QED) is 0.897. The van der Waals surface area contributed by atoms with E-state index in [0.717, 1.165) is 0 Å². The maximum atomic E-state index is 13.2. The zero-order valence-electron chi connectivity index (χ0n) is 8.83. The number of rotatable bonds is 2. The third-order valence-corrected chi connectivity index (χ3v) is 2.91. The van der Waals surface area contributed by atoms with E-state index in [0.29, 0.717) is 15.6 Å². The molecule has 1 nitrogen and oxygen atoms in total. The van der Waals surface area contributed by atoms with Gasteiger partial charge < -0.3 is 5.73 Å². The van der Waals surface area contributed by atoms with E-state index < -0.39 is 6.04 Å². The summed E-state index contributed by atoms with van der Waals surface area (Å²) in [4.78, 5) is 0. The van der Waals surface area contributed by atoms with Gasteiger partial charge in [0.05, 0.1) is 6.04 Å². The van der Waals surface area contributed by atoms with Crippen LogP contribution in [0, 0.1) is 11.6 Å². The van der Waals surface area contributed by atoms with Crippen molar-refractivity contribution in [1.82, 2.24) is 0 Å². The van der Waals surface area contributed by atoms with E-state index in [4.69, 9.17) is 5.73 Å². The fraction of sp³-hybridized carbons (Fsp3) is 0.0769. The molecule has 0 amide bonds. The lowest BCUT2D eigenvalue weighted by molar-refractivity contribution is 0.619. The van der Waals surface area contributed by atoms with Gasteiger partial charge in [-0.3, -0.25) is 0 Å². The van der Waals surface area contributed by atoms with Gasteiger partial charge in [-0.2, -0.15) is 0 Å². The summed E-state index contributed by atoms with van der Waals surface area (Å²) in [6.45, 7) is 0. The highest BCUT2D eigenvalue weighted by Crippen LogP contribution is 2.24. The Labute approximate surface area is 106 Å². The molecule has 1 atom stereocenters. The number of hydrogen-bond donors (Lipinski definition) is 1. The summed E-state index contributed by atoms with van der Waals surface area (Å²) >= 11 is 3.20. The third-order valence-electron chi connectivity index (χ3n) is 2.45. The summed E-state index contributed by atoms with van der Waals surface area (Å²) in [5, 5.41) is 0. The standard InChI is InChI=1S/C13H10BrF2N/c14-10-4-9(6-12(16)7-10)13(17)8-2-1-3-11(15)5-8/h1-7,13H,17H2. The summed E-state index contributed by atoms with van der Waals surface area (Å²) in [7, 11) is 0. The molecular formula is C13H10BrF2N. The van der Waals surface area contributed by atoms with Crippen LogP contribution >= 0.6 is 15.9 Å². The van der Waals surface area contributed by atoms with Crippen LogP contribution in [-0.4, -0.2) is 0 Å². The Kier molecular flexibility index (Phi) is 3.54. The topological polar surface area (TPSA) is 26.0 Å². The molecule has 1 unspecified atom stereocenters. The van der Waals surface area contributed by atoms with E-state index in [1.807, 2.05) is 0 Å². The fourth-order valence-electron chi connectivity index (χ4n) is 1.65. The van der Waals surface area contributed by atoms with Crippen LogP contribution in [0.1, 0.15) is 17.2 Å². The molecule has 2 rings (SSSR count). The predicted octanol–water partition coefficient (Wildman–Crippen LogP) is 3.78. The maximum absolute atomic E-state index is 13.2. The number of halogens is 3. The van der Waals surface area contributed by atoms with Gasteiger partial charge in [-0.25, -0.2) is 8.78 Å². The van der Waals surface area contributed by atoms with Crippen LogP contribution in [0.3, 0.4) is 0 Å². The Hall–Kier alpha value is -1.26. The van der Waals surface area contributed by atoms with Gasteiger partial charge in [0.2, 0.25) is 0 Å². The molecule has 0 aliphatic carbocycles. The lowest BCUT2D eigenvalue weighted by Crippen LogP contribution is -2.12. The summed E-state index contributed by atoms with van der Waals surface area (Å²) in [6.07, 6.45) is 0. The third kappa shape index (κ3) is 2.90. The van der Waals surface area contributed by atoms with Crippen LogP contribution < -0.4 is 5.73 Å². The largest absolute Gasteiger partial charge is 0.320 e. The first-order valence-electron chi connectivity index (χ1n) is 5.03. The first-order valence-corrected chi connectivity index (χ1v) is 5.82. The van der Waals surface area contributed by atoms with Gasteiger partial charge in [-0.15, -0.1) is 0 Å². The van der Waals surface area contributed by atoms with Crippen molar-refractivity contribution in [3.8, 4) is 0 Å². The lowest BCUT2D eigenvalue weighted by Gasteiger charge is -2.13. The highest BCUT2D eigenvalue weighted by Gasteiger charge is 2.11. The molecule has 0 aliphatic rings. The smallest absolute Gasteiger partial charge is 0.124 e. The number of benzene rings is 2. The minimum atomic E-state index is -0.544. The molecule has 0 aliphatic heterocycles. The second kappa shape index (κ2) is 4.94. The Morgan fingerprint density at radius 1 is 0.941 bits per heavy atom. The Balaban J connectivity index is 2.39. The zero-order valence-corrected chi connectivity index (χ0v) is 10.4. The van der Waals surface area contributed by atoms with Crippen molar-refractivity contribution < 1.29 is 8.78 Å². The van der Waals surface area contributed by atoms with Crippen LogP contribution in [0.2, 0.25) is 0 Å². The second-order valence-corrected chi connectivity index (χ2v) is 4.65. The summed E-state index contributed by atoms with van der Waals surface area (Å²) in [5.74, 6) is -0.727. The molecule has 88 valence electrons. The van der Waals surface area contributed by atoms with Crippen molar-refractivity contribution in [1.29, 1.82) is 0 Å². The first kappa shape index (κ1) is 12.2. The van der Waals surface area contributed by atoms with Crippen molar-refractivity contribution in [2.75, 3.05) is 0 Å². The predicted molar refractivity (Wildman–Crippen MR) is 66.5 cm³/mol. The molecule has 4 heteroatoms. The van der Waals surface area contributed by atoms with Crippen molar-refractivity contribution in [3.05, 3.63) is 69.7 Å². The van der Waals surface area contributed by atoms with Crippen molar-refractivity contribution in [2.24, 2.45) is 5.73 Å². The molecule has 0 aromatic heterocycles. The molecule has 2 aromatic carbocycles. The van der Waals surface area contributed by atoms with Gasteiger partial charge in [-0.1, -0.05) is 28.1 Å². The van der Waals surface area contributed by atoms with E-state index in [1.165, 1.54) is 24.3 Å². The summed E-state index contributed by atoms with van der Waals surface area (Å²) in [6, 6.07) is 9.87. The van der Waals surface area contributed by atoms with Crippen LogP contribution in [-0.2, 0) is 0 Å². The molecule has 0 bridgehead atoms. The highest BCUT2D eigenvalue weighted by atomic mass is 79.9. The summed E-state index contributed by atoms with van der Waals surface area (Å²) in [5.41, 5.74) is 7.18. The van der Waals surface area contributed by atoms with Crippen LogP contribution in [0.25, 0.3) is 0 Å². The minimum Gasteiger partial charge on any atom is -0.320 e. The molecule has 0 saturated heterocycles.